The van der Waals surface area contributed by atoms with Gasteiger partial charge in [-0.15, -0.1) is 0 Å². The Morgan fingerprint density at radius 1 is 1.15 bits per heavy atom. The summed E-state index contributed by atoms with van der Waals surface area (Å²) in [4.78, 5) is 21.5. The minimum Gasteiger partial charge on any atom is -0.457 e. The number of carbonyl (C=O) groups excluding carboxylic acids is 1. The van der Waals surface area contributed by atoms with E-state index in [0.717, 1.165) is 35.5 Å². The topological polar surface area (TPSA) is 78.3 Å². The highest BCUT2D eigenvalue weighted by atomic mass is 16.5. The number of aromatic nitrogens is 3. The molecule has 2 aromatic heterocycles. The van der Waals surface area contributed by atoms with E-state index in [2.05, 4.69) is 41.5 Å². The fourth-order valence-electron chi connectivity index (χ4n) is 4.17. The van der Waals surface area contributed by atoms with E-state index in [0.29, 0.717) is 36.8 Å². The van der Waals surface area contributed by atoms with Crippen molar-refractivity contribution in [2.45, 2.75) is 26.2 Å². The number of fused-ring (bicyclic) bond motifs is 1. The van der Waals surface area contributed by atoms with Gasteiger partial charge in [-0.25, -0.2) is 4.98 Å². The average molecular weight is 457 g/mol. The maximum absolute atomic E-state index is 12.5. The molecule has 1 saturated heterocycles. The van der Waals surface area contributed by atoms with Crippen molar-refractivity contribution in [3.05, 3.63) is 72.1 Å². The highest BCUT2D eigenvalue weighted by molar-refractivity contribution is 5.83. The van der Waals surface area contributed by atoms with Crippen molar-refractivity contribution in [2.24, 2.45) is 13.0 Å². The van der Waals surface area contributed by atoms with E-state index in [1.165, 1.54) is 5.56 Å². The third-order valence-corrected chi connectivity index (χ3v) is 6.23. The van der Waals surface area contributed by atoms with Crippen LogP contribution >= 0.6 is 0 Å². The first-order chi connectivity index (χ1) is 16.6. The molecule has 7 nitrogen and oxygen atoms in total. The second kappa shape index (κ2) is 9.65. The molecule has 34 heavy (non-hydrogen) atoms. The Hall–Kier alpha value is -3.71. The van der Waals surface area contributed by atoms with Crippen LogP contribution in [0.25, 0.3) is 11.0 Å². The van der Waals surface area contributed by atoms with Crippen molar-refractivity contribution in [1.29, 1.82) is 0 Å². The molecule has 2 aromatic carbocycles. The lowest BCUT2D eigenvalue weighted by Crippen LogP contribution is -2.17. The summed E-state index contributed by atoms with van der Waals surface area (Å²) in [5, 5.41) is 3.39. The number of nitrogens with one attached hydrogen (secondary N) is 1. The number of aryl methyl sites for hydroxylation is 2. The summed E-state index contributed by atoms with van der Waals surface area (Å²) >= 11 is 0. The summed E-state index contributed by atoms with van der Waals surface area (Å²) in [6.07, 6.45) is 3.77. The molecule has 174 valence electrons. The molecule has 1 aliphatic rings. The van der Waals surface area contributed by atoms with Gasteiger partial charge in [0, 0.05) is 50.0 Å². The van der Waals surface area contributed by atoms with Crippen LogP contribution in [0.1, 0.15) is 24.6 Å². The molecule has 0 radical (unpaired) electrons. The standard InChI is InChI=1S/C27H28N4O3/c1-3-18-4-6-20(7-5-18)29-27-30-24-16-22(8-9-25(24)31(27)2)34-23-10-12-28-21(14-23)15-26(32)19-11-13-33-17-19/h4-10,12,14,16,19H,3,11,13,15,17H2,1-2H3,(H,29,30). The lowest BCUT2D eigenvalue weighted by molar-refractivity contribution is -0.122. The number of nitrogens with zero attached hydrogens (tertiary/aromatic N) is 3. The number of benzene rings is 2. The molecular formula is C27H28N4O3. The zero-order chi connectivity index (χ0) is 23.5. The van der Waals surface area contributed by atoms with Crippen molar-refractivity contribution in [2.75, 3.05) is 18.5 Å². The Kier molecular flexibility index (Phi) is 6.27. The number of ketones is 1. The first kappa shape index (κ1) is 22.1. The van der Waals surface area contributed by atoms with Gasteiger partial charge in [0.05, 0.1) is 23.3 Å². The molecule has 0 aliphatic carbocycles. The Bertz CT molecular complexity index is 1310. The van der Waals surface area contributed by atoms with Crippen molar-refractivity contribution < 1.29 is 14.3 Å². The maximum Gasteiger partial charge on any atom is 0.208 e. The number of pyridine rings is 1. The van der Waals surface area contributed by atoms with Crippen LogP contribution in [0.2, 0.25) is 0 Å². The molecule has 4 aromatic rings. The minimum atomic E-state index is -0.0228. The Morgan fingerprint density at radius 3 is 2.74 bits per heavy atom. The molecular weight excluding hydrogens is 428 g/mol. The predicted octanol–water partition coefficient (Wildman–Crippen LogP) is 5.21. The smallest absolute Gasteiger partial charge is 0.208 e. The quantitative estimate of drug-likeness (QED) is 0.392. The van der Waals surface area contributed by atoms with Gasteiger partial charge >= 0.3 is 0 Å². The molecule has 3 heterocycles. The number of hydrogen-bond donors (Lipinski definition) is 1. The summed E-state index contributed by atoms with van der Waals surface area (Å²) < 4.78 is 13.4. The van der Waals surface area contributed by atoms with E-state index >= 15 is 0 Å². The summed E-state index contributed by atoms with van der Waals surface area (Å²) in [6.45, 7) is 3.32. The summed E-state index contributed by atoms with van der Waals surface area (Å²) in [6, 6.07) is 17.8. The van der Waals surface area contributed by atoms with Gasteiger partial charge in [-0.1, -0.05) is 19.1 Å². The van der Waals surface area contributed by atoms with E-state index in [4.69, 9.17) is 14.5 Å². The van der Waals surface area contributed by atoms with Crippen LogP contribution in [0.15, 0.2) is 60.8 Å². The number of hydrogen-bond acceptors (Lipinski definition) is 6. The van der Waals surface area contributed by atoms with Crippen molar-refractivity contribution >= 4 is 28.5 Å². The molecule has 1 unspecified atom stereocenters. The van der Waals surface area contributed by atoms with Crippen LogP contribution in [-0.2, 0) is 29.4 Å². The van der Waals surface area contributed by atoms with Crippen LogP contribution < -0.4 is 10.1 Å². The molecule has 7 heteroatoms. The van der Waals surface area contributed by atoms with Crippen molar-refractivity contribution in [3.63, 3.8) is 0 Å². The third kappa shape index (κ3) is 4.79. The lowest BCUT2D eigenvalue weighted by atomic mass is 9.99. The Labute approximate surface area is 198 Å². The van der Waals surface area contributed by atoms with Gasteiger partial charge in [0.25, 0.3) is 0 Å². The van der Waals surface area contributed by atoms with Crippen LogP contribution in [0.3, 0.4) is 0 Å². The molecule has 0 spiro atoms. The van der Waals surface area contributed by atoms with Crippen LogP contribution in [-0.4, -0.2) is 33.5 Å². The molecule has 0 bridgehead atoms. The maximum atomic E-state index is 12.5. The number of ether oxygens (including phenoxy) is 2. The highest BCUT2D eigenvalue weighted by Gasteiger charge is 2.23. The van der Waals surface area contributed by atoms with Crippen LogP contribution in [0, 0.1) is 5.92 Å². The van der Waals surface area contributed by atoms with Crippen LogP contribution in [0.4, 0.5) is 11.6 Å². The first-order valence-corrected chi connectivity index (χ1v) is 11.6. The largest absolute Gasteiger partial charge is 0.457 e. The van der Waals surface area contributed by atoms with Gasteiger partial charge in [-0.3, -0.25) is 9.78 Å². The van der Waals surface area contributed by atoms with Crippen molar-refractivity contribution in [1.82, 2.24) is 14.5 Å². The van der Waals surface area contributed by atoms with E-state index in [9.17, 15) is 4.79 Å². The molecule has 5 rings (SSSR count). The number of Topliss-reactive ketones (excluding diaryl/α,β-unsaturated/α-hetero) is 1. The SMILES string of the molecule is CCc1ccc(Nc2nc3cc(Oc4ccnc(CC(=O)C5CCOC5)c4)ccc3n2C)cc1. The lowest BCUT2D eigenvalue weighted by Gasteiger charge is -2.09. The molecule has 0 amide bonds. The third-order valence-electron chi connectivity index (χ3n) is 6.23. The van der Waals surface area contributed by atoms with Gasteiger partial charge < -0.3 is 19.4 Å². The zero-order valence-corrected chi connectivity index (χ0v) is 19.5. The molecule has 1 N–H and O–H groups in total. The van der Waals surface area contributed by atoms with Crippen molar-refractivity contribution in [3.8, 4) is 11.5 Å². The molecule has 0 saturated carbocycles. The van der Waals surface area contributed by atoms with E-state index in [1.807, 2.05) is 35.9 Å². The van der Waals surface area contributed by atoms with E-state index < -0.39 is 0 Å². The molecule has 1 atom stereocenters. The van der Waals surface area contributed by atoms with Gasteiger partial charge in [-0.05, 0) is 48.7 Å². The van der Waals surface area contributed by atoms with E-state index in [1.54, 1.807) is 12.3 Å². The van der Waals surface area contributed by atoms with Gasteiger partial charge in [-0.2, -0.15) is 0 Å². The minimum absolute atomic E-state index is 0.0228. The Morgan fingerprint density at radius 2 is 1.97 bits per heavy atom. The van der Waals surface area contributed by atoms with E-state index in [-0.39, 0.29) is 11.7 Å². The number of anilines is 2. The summed E-state index contributed by atoms with van der Waals surface area (Å²) in [5.41, 5.74) is 4.83. The fourth-order valence-corrected chi connectivity index (χ4v) is 4.17. The highest BCUT2D eigenvalue weighted by Crippen LogP contribution is 2.28. The summed E-state index contributed by atoms with van der Waals surface area (Å²) in [5.74, 6) is 2.23. The monoisotopic (exact) mass is 456 g/mol. The second-order valence-electron chi connectivity index (χ2n) is 8.61. The summed E-state index contributed by atoms with van der Waals surface area (Å²) in [7, 11) is 1.99. The zero-order valence-electron chi connectivity index (χ0n) is 19.5. The number of carbonyl (C=O) groups is 1. The second-order valence-corrected chi connectivity index (χ2v) is 8.61. The fraction of sp³-hybridized carbons (Fsp3) is 0.296. The van der Waals surface area contributed by atoms with Gasteiger partial charge in [0.15, 0.2) is 0 Å². The van der Waals surface area contributed by atoms with Crippen LogP contribution in [0.5, 0.6) is 11.5 Å². The predicted molar refractivity (Wildman–Crippen MR) is 132 cm³/mol. The molecule has 1 aliphatic heterocycles. The average Bonchev–Trinajstić information content (AvgIpc) is 3.49. The molecule has 1 fully saturated rings. The Balaban J connectivity index is 1.31. The normalized spacial score (nSPS) is 15.5. The van der Waals surface area contributed by atoms with Gasteiger partial charge in [0.2, 0.25) is 5.95 Å². The van der Waals surface area contributed by atoms with Gasteiger partial charge in [0.1, 0.15) is 17.3 Å². The number of rotatable bonds is 8. The number of imidazole rings is 1. The first-order valence-electron chi connectivity index (χ1n) is 11.6.